The number of nitrogens with zero attached hydrogens (tertiary/aromatic N) is 4. The number of nitrogens with one attached hydrogen (secondary N) is 1. The van der Waals surface area contributed by atoms with Gasteiger partial charge in [0.1, 0.15) is 18.4 Å². The van der Waals surface area contributed by atoms with E-state index in [1.807, 2.05) is 9.80 Å². The molecule has 1 N–H and O–H groups in total. The summed E-state index contributed by atoms with van der Waals surface area (Å²) >= 11 is 0. The first-order valence-electron chi connectivity index (χ1n) is 13.0. The van der Waals surface area contributed by atoms with Crippen LogP contribution in [0, 0.1) is 0 Å². The van der Waals surface area contributed by atoms with Crippen LogP contribution in [-0.2, 0) is 19.1 Å². The van der Waals surface area contributed by atoms with Crippen LogP contribution in [0.15, 0.2) is 24.3 Å². The number of piperazine rings is 1. The Morgan fingerprint density at radius 2 is 1.76 bits per heavy atom. The average molecular weight is 518 g/mol. The molecule has 204 valence electrons. The van der Waals surface area contributed by atoms with Crippen LogP contribution in [0.1, 0.15) is 16.8 Å². The van der Waals surface area contributed by atoms with E-state index in [-0.39, 0.29) is 30.4 Å². The Labute approximate surface area is 218 Å². The fraction of sp³-hybridized carbons (Fsp3) is 0.654. The number of likely N-dealkylation sites (tertiary alicyclic amines) is 1. The normalized spacial score (nSPS) is 22.6. The summed E-state index contributed by atoms with van der Waals surface area (Å²) < 4.78 is 15.8. The maximum absolute atomic E-state index is 13.8. The summed E-state index contributed by atoms with van der Waals surface area (Å²) in [7, 11) is 3.06. The van der Waals surface area contributed by atoms with Crippen LogP contribution in [0.25, 0.3) is 0 Å². The van der Waals surface area contributed by atoms with Gasteiger partial charge in [-0.1, -0.05) is 0 Å². The lowest BCUT2D eigenvalue weighted by molar-refractivity contribution is -0.146. The van der Waals surface area contributed by atoms with Gasteiger partial charge in [-0.3, -0.25) is 19.3 Å². The lowest BCUT2D eigenvalue weighted by atomic mass is 10.1. The van der Waals surface area contributed by atoms with Crippen molar-refractivity contribution in [2.24, 2.45) is 0 Å². The Morgan fingerprint density at radius 3 is 2.41 bits per heavy atom. The predicted molar refractivity (Wildman–Crippen MR) is 137 cm³/mol. The van der Waals surface area contributed by atoms with Gasteiger partial charge in [0.05, 0.1) is 26.4 Å². The van der Waals surface area contributed by atoms with Crippen LogP contribution < -0.4 is 10.1 Å². The van der Waals surface area contributed by atoms with E-state index in [2.05, 4.69) is 10.2 Å². The molecule has 1 aromatic rings. The van der Waals surface area contributed by atoms with Crippen LogP contribution in [0.5, 0.6) is 5.75 Å². The minimum absolute atomic E-state index is 0.0570. The molecule has 2 atom stereocenters. The second-order valence-corrected chi connectivity index (χ2v) is 9.64. The number of hydrogen-bond donors (Lipinski definition) is 1. The number of amides is 3. The topological polar surface area (TPSA) is 104 Å². The second-order valence-electron chi connectivity index (χ2n) is 9.64. The number of morpholine rings is 1. The zero-order chi connectivity index (χ0) is 26.2. The molecule has 3 aliphatic rings. The minimum Gasteiger partial charge on any atom is -0.497 e. The van der Waals surface area contributed by atoms with Crippen LogP contribution in [0.4, 0.5) is 0 Å². The predicted octanol–water partition coefficient (Wildman–Crippen LogP) is -0.483. The number of benzene rings is 1. The third-order valence-electron chi connectivity index (χ3n) is 7.38. The molecule has 3 fully saturated rings. The number of hydrogen-bond acceptors (Lipinski definition) is 8. The molecule has 0 saturated carbocycles. The van der Waals surface area contributed by atoms with Crippen LogP contribution >= 0.6 is 0 Å². The van der Waals surface area contributed by atoms with Gasteiger partial charge < -0.3 is 34.2 Å². The van der Waals surface area contributed by atoms with E-state index in [0.717, 1.165) is 26.2 Å². The zero-order valence-corrected chi connectivity index (χ0v) is 21.9. The average Bonchev–Trinajstić information content (AvgIpc) is 3.39. The fourth-order valence-electron chi connectivity index (χ4n) is 5.27. The van der Waals surface area contributed by atoms with Gasteiger partial charge in [0.25, 0.3) is 5.91 Å². The molecule has 0 radical (unpaired) electrons. The van der Waals surface area contributed by atoms with E-state index in [4.69, 9.17) is 14.2 Å². The molecule has 3 aliphatic heterocycles. The summed E-state index contributed by atoms with van der Waals surface area (Å²) in [6.45, 7) is 7.07. The zero-order valence-electron chi connectivity index (χ0n) is 21.9. The monoisotopic (exact) mass is 517 g/mol. The summed E-state index contributed by atoms with van der Waals surface area (Å²) in [6.07, 6.45) is 0.406. The van der Waals surface area contributed by atoms with Crippen molar-refractivity contribution in [2.75, 3.05) is 92.9 Å². The lowest BCUT2D eigenvalue weighted by Crippen LogP contribution is -2.53. The molecule has 0 aromatic heterocycles. The van der Waals surface area contributed by atoms with Gasteiger partial charge in [-0.25, -0.2) is 0 Å². The van der Waals surface area contributed by atoms with Gasteiger partial charge in [0.2, 0.25) is 11.8 Å². The summed E-state index contributed by atoms with van der Waals surface area (Å²) in [5.41, 5.74) is 0.550. The van der Waals surface area contributed by atoms with Gasteiger partial charge in [0.15, 0.2) is 0 Å². The van der Waals surface area contributed by atoms with Gasteiger partial charge in [0, 0.05) is 71.6 Å². The van der Waals surface area contributed by atoms with Crippen molar-refractivity contribution < 1.29 is 28.6 Å². The van der Waals surface area contributed by atoms with Crippen LogP contribution in [0.2, 0.25) is 0 Å². The molecular formula is C26H39N5O6. The molecule has 0 spiro atoms. The van der Waals surface area contributed by atoms with Crippen molar-refractivity contribution in [3.8, 4) is 5.75 Å². The van der Waals surface area contributed by atoms with E-state index in [9.17, 15) is 14.4 Å². The fourth-order valence-corrected chi connectivity index (χ4v) is 5.27. The maximum Gasteiger partial charge on any atom is 0.254 e. The third-order valence-corrected chi connectivity index (χ3v) is 7.38. The molecule has 3 saturated heterocycles. The van der Waals surface area contributed by atoms with Crippen molar-refractivity contribution >= 4 is 17.7 Å². The van der Waals surface area contributed by atoms with E-state index >= 15 is 0 Å². The maximum atomic E-state index is 13.8. The van der Waals surface area contributed by atoms with Crippen molar-refractivity contribution in [1.82, 2.24) is 24.9 Å². The van der Waals surface area contributed by atoms with E-state index in [1.54, 1.807) is 36.3 Å². The first-order chi connectivity index (χ1) is 18.0. The molecule has 37 heavy (non-hydrogen) atoms. The standard InChI is InChI=1S/C26H39N5O6/c1-35-19-24(32)31-18-21(17-23(31)26(34)29-9-7-27-8-10-29)30(12-11-28-13-15-37-16-14-28)25(33)20-3-5-22(36-2)6-4-20/h3-6,21,23,27H,7-19H2,1-2H3. The van der Waals surface area contributed by atoms with Gasteiger partial charge >= 0.3 is 0 Å². The minimum atomic E-state index is -0.611. The molecule has 11 nitrogen and oxygen atoms in total. The highest BCUT2D eigenvalue weighted by Gasteiger charge is 2.44. The first kappa shape index (κ1) is 27.3. The molecule has 0 bridgehead atoms. The van der Waals surface area contributed by atoms with Gasteiger partial charge in [-0.15, -0.1) is 0 Å². The Morgan fingerprint density at radius 1 is 1.05 bits per heavy atom. The summed E-state index contributed by atoms with van der Waals surface area (Å²) in [4.78, 5) is 47.9. The second kappa shape index (κ2) is 13.2. The van der Waals surface area contributed by atoms with E-state index < -0.39 is 6.04 Å². The molecule has 1 aromatic carbocycles. The van der Waals surface area contributed by atoms with Crippen LogP contribution in [-0.4, -0.2) is 142 Å². The highest BCUT2D eigenvalue weighted by Crippen LogP contribution is 2.26. The highest BCUT2D eigenvalue weighted by molar-refractivity contribution is 5.95. The van der Waals surface area contributed by atoms with E-state index in [1.165, 1.54) is 7.11 Å². The molecule has 0 aliphatic carbocycles. The summed E-state index contributed by atoms with van der Waals surface area (Å²) in [5, 5.41) is 3.26. The quantitative estimate of drug-likeness (QED) is 0.469. The Kier molecular flexibility index (Phi) is 9.73. The SMILES string of the molecule is COCC(=O)N1CC(N(CCN2CCOCC2)C(=O)c2ccc(OC)cc2)CC1C(=O)N1CCNCC1. The highest BCUT2D eigenvalue weighted by atomic mass is 16.5. The lowest BCUT2D eigenvalue weighted by Gasteiger charge is -2.33. The van der Waals surface area contributed by atoms with Gasteiger partial charge in [-0.2, -0.15) is 0 Å². The molecule has 3 amide bonds. The number of ether oxygens (including phenoxy) is 3. The first-order valence-corrected chi connectivity index (χ1v) is 13.0. The number of carbonyl (C=O) groups excluding carboxylic acids is 3. The van der Waals surface area contributed by atoms with E-state index in [0.29, 0.717) is 63.7 Å². The van der Waals surface area contributed by atoms with Crippen molar-refractivity contribution in [3.63, 3.8) is 0 Å². The Hall–Kier alpha value is -2.73. The van der Waals surface area contributed by atoms with Crippen molar-refractivity contribution in [3.05, 3.63) is 29.8 Å². The Bertz CT molecular complexity index is 917. The number of rotatable bonds is 9. The number of methoxy groups -OCH3 is 2. The largest absolute Gasteiger partial charge is 0.497 e. The van der Waals surface area contributed by atoms with Crippen LogP contribution in [0.3, 0.4) is 0 Å². The third kappa shape index (κ3) is 6.78. The van der Waals surface area contributed by atoms with Crippen molar-refractivity contribution in [2.45, 2.75) is 18.5 Å². The molecular weight excluding hydrogens is 478 g/mol. The molecule has 4 rings (SSSR count). The Balaban J connectivity index is 1.56. The summed E-state index contributed by atoms with van der Waals surface area (Å²) in [6, 6.07) is 6.17. The summed E-state index contributed by atoms with van der Waals surface area (Å²) in [5.74, 6) is 0.271. The van der Waals surface area contributed by atoms with Crippen molar-refractivity contribution in [1.29, 1.82) is 0 Å². The molecule has 2 unspecified atom stereocenters. The molecule has 3 heterocycles. The number of carbonyl (C=O) groups is 3. The van der Waals surface area contributed by atoms with Gasteiger partial charge in [-0.05, 0) is 30.7 Å². The molecule has 11 heteroatoms. The smallest absolute Gasteiger partial charge is 0.254 e.